The first-order valence-electron chi connectivity index (χ1n) is 11.5. The second-order valence-corrected chi connectivity index (χ2v) is 8.88. The predicted molar refractivity (Wildman–Crippen MR) is 132 cm³/mol. The van der Waals surface area contributed by atoms with Crippen LogP contribution < -0.4 is 5.32 Å². The molecular formula is C26H32N6O. The molecule has 1 amide bonds. The largest absolute Gasteiger partial charge is 0.340 e. The van der Waals surface area contributed by atoms with Crippen LogP contribution in [0.4, 0.5) is 11.5 Å². The molecule has 1 unspecified atom stereocenters. The fourth-order valence-electron chi connectivity index (χ4n) is 4.45. The molecule has 1 aliphatic heterocycles. The van der Waals surface area contributed by atoms with Crippen LogP contribution in [0.25, 0.3) is 6.08 Å². The van der Waals surface area contributed by atoms with Gasteiger partial charge in [-0.25, -0.2) is 4.98 Å². The minimum atomic E-state index is 0.0392. The van der Waals surface area contributed by atoms with E-state index in [0.717, 1.165) is 64.9 Å². The summed E-state index contributed by atoms with van der Waals surface area (Å²) in [5, 5.41) is 7.83. The molecule has 0 bridgehead atoms. The van der Waals surface area contributed by atoms with Crippen molar-refractivity contribution in [2.45, 2.75) is 46.5 Å². The SMILES string of the molecule is Cc1cccc(Nc2cc(C)nc(C3CCCN(C(=O)/C=C/c4c(C)nn(C)c4C)C3)c2)n1. The van der Waals surface area contributed by atoms with Gasteiger partial charge in [0, 0.05) is 66.2 Å². The number of pyridine rings is 2. The number of carbonyl (C=O) groups excluding carboxylic acids is 1. The summed E-state index contributed by atoms with van der Waals surface area (Å²) >= 11 is 0. The summed E-state index contributed by atoms with van der Waals surface area (Å²) in [5.74, 6) is 1.07. The van der Waals surface area contributed by atoms with Gasteiger partial charge in [-0.1, -0.05) is 6.07 Å². The van der Waals surface area contributed by atoms with Crippen molar-refractivity contribution in [3.63, 3.8) is 0 Å². The van der Waals surface area contributed by atoms with Crippen molar-refractivity contribution < 1.29 is 4.79 Å². The number of piperidine rings is 1. The van der Waals surface area contributed by atoms with Crippen molar-refractivity contribution in [1.29, 1.82) is 0 Å². The van der Waals surface area contributed by atoms with Crippen LogP contribution in [-0.2, 0) is 11.8 Å². The van der Waals surface area contributed by atoms with Crippen LogP contribution in [0.2, 0.25) is 0 Å². The number of hydrogen-bond donors (Lipinski definition) is 1. The lowest BCUT2D eigenvalue weighted by atomic mass is 9.93. The Morgan fingerprint density at radius 2 is 1.94 bits per heavy atom. The molecule has 0 aromatic carbocycles. The van der Waals surface area contributed by atoms with Gasteiger partial charge >= 0.3 is 0 Å². The van der Waals surface area contributed by atoms with Crippen molar-refractivity contribution in [1.82, 2.24) is 24.6 Å². The molecule has 0 saturated carbocycles. The van der Waals surface area contributed by atoms with E-state index in [1.54, 1.807) is 6.08 Å². The van der Waals surface area contributed by atoms with Crippen molar-refractivity contribution in [2.75, 3.05) is 18.4 Å². The summed E-state index contributed by atoms with van der Waals surface area (Å²) in [7, 11) is 1.92. The Balaban J connectivity index is 1.48. The Labute approximate surface area is 195 Å². The second kappa shape index (κ2) is 9.57. The average Bonchev–Trinajstić information content (AvgIpc) is 3.02. The molecule has 7 heteroatoms. The van der Waals surface area contributed by atoms with Gasteiger partial charge in [-0.2, -0.15) is 5.10 Å². The molecule has 7 nitrogen and oxygen atoms in total. The molecule has 4 heterocycles. The molecule has 1 N–H and O–H groups in total. The second-order valence-electron chi connectivity index (χ2n) is 8.88. The minimum Gasteiger partial charge on any atom is -0.340 e. The first-order valence-corrected chi connectivity index (χ1v) is 11.5. The van der Waals surface area contributed by atoms with Gasteiger partial charge in [0.15, 0.2) is 0 Å². The molecule has 0 radical (unpaired) electrons. The van der Waals surface area contributed by atoms with E-state index in [4.69, 9.17) is 4.98 Å². The van der Waals surface area contributed by atoms with Crippen LogP contribution >= 0.6 is 0 Å². The third kappa shape index (κ3) is 5.30. The van der Waals surface area contributed by atoms with Crippen LogP contribution in [0.3, 0.4) is 0 Å². The molecule has 1 aliphatic rings. The smallest absolute Gasteiger partial charge is 0.246 e. The maximum absolute atomic E-state index is 13.0. The number of rotatable bonds is 5. The quantitative estimate of drug-likeness (QED) is 0.582. The molecule has 172 valence electrons. The topological polar surface area (TPSA) is 75.9 Å². The number of carbonyl (C=O) groups is 1. The van der Waals surface area contributed by atoms with Crippen molar-refractivity contribution >= 4 is 23.5 Å². The maximum Gasteiger partial charge on any atom is 0.246 e. The van der Waals surface area contributed by atoms with Crippen LogP contribution in [0.5, 0.6) is 0 Å². The van der Waals surface area contributed by atoms with Crippen LogP contribution in [0, 0.1) is 27.7 Å². The van der Waals surface area contributed by atoms with Gasteiger partial charge in [0.05, 0.1) is 5.69 Å². The van der Waals surface area contributed by atoms with E-state index in [1.165, 1.54) is 0 Å². The third-order valence-corrected chi connectivity index (χ3v) is 6.24. The predicted octanol–water partition coefficient (Wildman–Crippen LogP) is 4.61. The zero-order valence-corrected chi connectivity index (χ0v) is 20.1. The molecular weight excluding hydrogens is 412 g/mol. The van der Waals surface area contributed by atoms with Gasteiger partial charge in [-0.05, 0) is 70.9 Å². The van der Waals surface area contributed by atoms with Crippen molar-refractivity contribution in [2.24, 2.45) is 7.05 Å². The van der Waals surface area contributed by atoms with Crippen LogP contribution in [-0.4, -0.2) is 43.6 Å². The highest BCUT2D eigenvalue weighted by Crippen LogP contribution is 2.29. The summed E-state index contributed by atoms with van der Waals surface area (Å²) in [6, 6.07) is 10.1. The Hall–Kier alpha value is -3.48. The molecule has 3 aromatic heterocycles. The van der Waals surface area contributed by atoms with Crippen molar-refractivity contribution in [3.8, 4) is 0 Å². The fourth-order valence-corrected chi connectivity index (χ4v) is 4.45. The zero-order chi connectivity index (χ0) is 23.5. The number of likely N-dealkylation sites (tertiary alicyclic amines) is 1. The molecule has 1 fully saturated rings. The highest BCUT2D eigenvalue weighted by Gasteiger charge is 2.25. The van der Waals surface area contributed by atoms with E-state index in [9.17, 15) is 4.79 Å². The highest BCUT2D eigenvalue weighted by atomic mass is 16.2. The lowest BCUT2D eigenvalue weighted by Gasteiger charge is -2.32. The number of anilines is 2. The summed E-state index contributed by atoms with van der Waals surface area (Å²) in [4.78, 5) is 24.2. The van der Waals surface area contributed by atoms with Gasteiger partial charge in [-0.3, -0.25) is 14.5 Å². The molecule has 3 aromatic rings. The normalized spacial score (nSPS) is 16.4. The Bertz CT molecular complexity index is 1200. The third-order valence-electron chi connectivity index (χ3n) is 6.24. The standard InChI is InChI=1S/C26H32N6O/c1-17-8-6-10-25(28-17)29-22-14-18(2)27-24(15-22)21-9-7-13-32(16-21)26(33)12-11-23-19(3)30-31(5)20(23)4/h6,8,10-12,14-15,21H,7,9,13,16H2,1-5H3,(H,27,28,29)/b12-11+. The van der Waals surface area contributed by atoms with Gasteiger partial charge in [-0.15, -0.1) is 0 Å². The first-order chi connectivity index (χ1) is 15.8. The maximum atomic E-state index is 13.0. The Morgan fingerprint density at radius 3 is 2.67 bits per heavy atom. The summed E-state index contributed by atoms with van der Waals surface area (Å²) in [5.41, 5.74) is 6.92. The number of aromatic nitrogens is 4. The van der Waals surface area contributed by atoms with Gasteiger partial charge in [0.2, 0.25) is 5.91 Å². The number of nitrogens with one attached hydrogen (secondary N) is 1. The van der Waals surface area contributed by atoms with Crippen LogP contribution in [0.15, 0.2) is 36.4 Å². The van der Waals surface area contributed by atoms with E-state index in [0.29, 0.717) is 6.54 Å². The summed E-state index contributed by atoms with van der Waals surface area (Å²) in [6.07, 6.45) is 5.56. The van der Waals surface area contributed by atoms with Gasteiger partial charge < -0.3 is 10.2 Å². The molecule has 1 saturated heterocycles. The molecule has 1 atom stereocenters. The monoisotopic (exact) mass is 444 g/mol. The minimum absolute atomic E-state index is 0.0392. The fraction of sp³-hybridized carbons (Fsp3) is 0.385. The lowest BCUT2D eigenvalue weighted by molar-refractivity contribution is -0.127. The van der Waals surface area contributed by atoms with E-state index in [-0.39, 0.29) is 11.8 Å². The van der Waals surface area contributed by atoms with Gasteiger partial charge in [0.1, 0.15) is 5.82 Å². The van der Waals surface area contributed by atoms with E-state index in [2.05, 4.69) is 21.5 Å². The summed E-state index contributed by atoms with van der Waals surface area (Å²) < 4.78 is 1.84. The van der Waals surface area contributed by atoms with Crippen molar-refractivity contribution in [3.05, 3.63) is 70.4 Å². The molecule has 0 aliphatic carbocycles. The lowest BCUT2D eigenvalue weighted by Crippen LogP contribution is -2.38. The number of amides is 1. The molecule has 33 heavy (non-hydrogen) atoms. The number of hydrogen-bond acceptors (Lipinski definition) is 5. The molecule has 0 spiro atoms. The average molecular weight is 445 g/mol. The zero-order valence-electron chi connectivity index (χ0n) is 20.1. The van der Waals surface area contributed by atoms with E-state index in [1.807, 2.05) is 74.7 Å². The summed E-state index contributed by atoms with van der Waals surface area (Å²) in [6.45, 7) is 9.41. The van der Waals surface area contributed by atoms with Gasteiger partial charge in [0.25, 0.3) is 0 Å². The Morgan fingerprint density at radius 1 is 1.12 bits per heavy atom. The van der Waals surface area contributed by atoms with Crippen LogP contribution in [0.1, 0.15) is 52.8 Å². The van der Waals surface area contributed by atoms with E-state index < -0.39 is 0 Å². The molecule has 4 rings (SSSR count). The van der Waals surface area contributed by atoms with E-state index >= 15 is 0 Å². The number of nitrogens with zero attached hydrogens (tertiary/aromatic N) is 5. The Kier molecular flexibility index (Phi) is 6.58. The highest BCUT2D eigenvalue weighted by molar-refractivity contribution is 5.92. The first kappa shape index (κ1) is 22.7. The number of aryl methyl sites for hydroxylation is 4.